The highest BCUT2D eigenvalue weighted by atomic mass is 127. The summed E-state index contributed by atoms with van der Waals surface area (Å²) in [5.74, 6) is 0. The van der Waals surface area contributed by atoms with Gasteiger partial charge in [-0.25, -0.2) is 0 Å². The number of hydrogen-bond donors (Lipinski definition) is 1. The van der Waals surface area contributed by atoms with Crippen LogP contribution in [0.2, 0.25) is 0 Å². The van der Waals surface area contributed by atoms with Crippen molar-refractivity contribution in [2.45, 2.75) is 17.4 Å². The first-order valence-electron chi connectivity index (χ1n) is 3.41. The number of aromatic nitrogens is 1. The molecule has 0 saturated carbocycles. The molecule has 0 aliphatic heterocycles. The SMILES string of the molecule is Cc1ccc([C@](C)(N)I)cn1.Cl. The van der Waals surface area contributed by atoms with Gasteiger partial charge in [0, 0.05) is 11.9 Å². The van der Waals surface area contributed by atoms with Crippen molar-refractivity contribution in [1.82, 2.24) is 4.98 Å². The highest BCUT2D eigenvalue weighted by Crippen LogP contribution is 2.23. The van der Waals surface area contributed by atoms with Gasteiger partial charge in [-0.05, 0) is 25.5 Å². The standard InChI is InChI=1S/C8H11IN2.ClH/c1-6-3-4-7(5-11-6)8(2,9)10;/h3-5H,10H2,1-2H3;1H/t8-;/m0./s1. The normalized spacial score (nSPS) is 14.7. The molecule has 0 aliphatic rings. The molecule has 0 spiro atoms. The van der Waals surface area contributed by atoms with Crippen molar-refractivity contribution < 1.29 is 0 Å². The molecular weight excluding hydrogens is 286 g/mol. The summed E-state index contributed by atoms with van der Waals surface area (Å²) in [6.45, 7) is 3.92. The number of aryl methyl sites for hydroxylation is 1. The van der Waals surface area contributed by atoms with E-state index in [-0.39, 0.29) is 16.0 Å². The van der Waals surface area contributed by atoms with Crippen LogP contribution in [0.5, 0.6) is 0 Å². The molecule has 0 amide bonds. The number of hydrogen-bond acceptors (Lipinski definition) is 2. The van der Waals surface area contributed by atoms with Crippen LogP contribution in [0.4, 0.5) is 0 Å². The highest BCUT2D eigenvalue weighted by Gasteiger charge is 2.15. The number of halogens is 2. The maximum Gasteiger partial charge on any atom is 0.0921 e. The quantitative estimate of drug-likeness (QED) is 0.491. The summed E-state index contributed by atoms with van der Waals surface area (Å²) < 4.78 is -0.307. The Bertz CT molecular complexity index is 240. The van der Waals surface area contributed by atoms with Gasteiger partial charge in [0.15, 0.2) is 0 Å². The Labute approximate surface area is 92.5 Å². The summed E-state index contributed by atoms with van der Waals surface area (Å²) in [6.07, 6.45) is 1.82. The van der Waals surface area contributed by atoms with E-state index in [1.807, 2.05) is 32.2 Å². The molecule has 1 aromatic rings. The van der Waals surface area contributed by atoms with Gasteiger partial charge in [-0.1, -0.05) is 28.7 Å². The molecule has 12 heavy (non-hydrogen) atoms. The van der Waals surface area contributed by atoms with Gasteiger partial charge in [0.25, 0.3) is 0 Å². The summed E-state index contributed by atoms with van der Waals surface area (Å²) in [5.41, 5.74) is 7.94. The topological polar surface area (TPSA) is 38.9 Å². The third kappa shape index (κ3) is 3.25. The van der Waals surface area contributed by atoms with Crippen LogP contribution in [-0.2, 0) is 3.55 Å². The fourth-order valence-corrected chi connectivity index (χ4v) is 1.08. The van der Waals surface area contributed by atoms with Crippen LogP contribution in [-0.4, -0.2) is 4.98 Å². The zero-order chi connectivity index (χ0) is 8.48. The Morgan fingerprint density at radius 3 is 2.42 bits per heavy atom. The number of pyridine rings is 1. The lowest BCUT2D eigenvalue weighted by atomic mass is 10.1. The molecule has 0 bridgehead atoms. The van der Waals surface area contributed by atoms with Crippen molar-refractivity contribution in [3.63, 3.8) is 0 Å². The fourth-order valence-electron chi connectivity index (χ4n) is 0.757. The second-order valence-corrected chi connectivity index (χ2v) is 5.00. The lowest BCUT2D eigenvalue weighted by Gasteiger charge is -2.15. The molecule has 1 aromatic heterocycles. The van der Waals surface area contributed by atoms with Crippen LogP contribution in [0.15, 0.2) is 18.3 Å². The Morgan fingerprint density at radius 1 is 1.50 bits per heavy atom. The largest absolute Gasteiger partial charge is 0.313 e. The van der Waals surface area contributed by atoms with Gasteiger partial charge in [-0.3, -0.25) is 4.98 Å². The Balaban J connectivity index is 0.00000121. The zero-order valence-electron chi connectivity index (χ0n) is 7.04. The minimum atomic E-state index is -0.307. The van der Waals surface area contributed by atoms with E-state index in [0.717, 1.165) is 11.3 Å². The summed E-state index contributed by atoms with van der Waals surface area (Å²) in [4.78, 5) is 4.16. The van der Waals surface area contributed by atoms with Gasteiger partial charge in [0.1, 0.15) is 0 Å². The second-order valence-electron chi connectivity index (χ2n) is 2.76. The third-order valence-corrected chi connectivity index (χ3v) is 2.10. The molecule has 2 N–H and O–H groups in total. The van der Waals surface area contributed by atoms with Gasteiger partial charge in [-0.15, -0.1) is 12.4 Å². The van der Waals surface area contributed by atoms with E-state index in [0.29, 0.717) is 0 Å². The van der Waals surface area contributed by atoms with Gasteiger partial charge >= 0.3 is 0 Å². The first-order valence-corrected chi connectivity index (χ1v) is 4.49. The summed E-state index contributed by atoms with van der Waals surface area (Å²) in [7, 11) is 0. The lowest BCUT2D eigenvalue weighted by Crippen LogP contribution is -2.24. The van der Waals surface area contributed by atoms with Gasteiger partial charge < -0.3 is 5.73 Å². The van der Waals surface area contributed by atoms with Crippen LogP contribution < -0.4 is 5.73 Å². The molecule has 4 heteroatoms. The average Bonchev–Trinajstić information content (AvgIpc) is 1.86. The van der Waals surface area contributed by atoms with Crippen LogP contribution in [0.1, 0.15) is 18.2 Å². The minimum absolute atomic E-state index is 0. The monoisotopic (exact) mass is 298 g/mol. The molecule has 2 nitrogen and oxygen atoms in total. The molecule has 0 radical (unpaired) electrons. The molecular formula is C8H12ClIN2. The lowest BCUT2D eigenvalue weighted by molar-refractivity contribution is 0.772. The van der Waals surface area contributed by atoms with Gasteiger partial charge in [0.2, 0.25) is 0 Å². The van der Waals surface area contributed by atoms with Crippen LogP contribution in [0.25, 0.3) is 0 Å². The molecule has 0 saturated heterocycles. The smallest absolute Gasteiger partial charge is 0.0921 e. The molecule has 0 unspecified atom stereocenters. The van der Waals surface area contributed by atoms with E-state index in [2.05, 4.69) is 27.6 Å². The van der Waals surface area contributed by atoms with E-state index in [9.17, 15) is 0 Å². The Kier molecular flexibility index (Phi) is 4.44. The van der Waals surface area contributed by atoms with Crippen LogP contribution in [0.3, 0.4) is 0 Å². The molecule has 1 atom stereocenters. The van der Waals surface area contributed by atoms with Gasteiger partial charge in [0.05, 0.1) is 3.55 Å². The average molecular weight is 299 g/mol. The maximum absolute atomic E-state index is 5.85. The minimum Gasteiger partial charge on any atom is -0.313 e. The maximum atomic E-state index is 5.85. The first kappa shape index (κ1) is 12.1. The number of nitrogens with zero attached hydrogens (tertiary/aromatic N) is 1. The number of rotatable bonds is 1. The summed E-state index contributed by atoms with van der Waals surface area (Å²) in [6, 6.07) is 3.98. The molecule has 0 aromatic carbocycles. The van der Waals surface area contributed by atoms with E-state index in [1.165, 1.54) is 0 Å². The Morgan fingerprint density at radius 2 is 2.08 bits per heavy atom. The number of nitrogens with two attached hydrogens (primary N) is 1. The van der Waals surface area contributed by atoms with Crippen molar-refractivity contribution >= 4 is 35.0 Å². The van der Waals surface area contributed by atoms with Crippen molar-refractivity contribution in [3.8, 4) is 0 Å². The molecule has 1 heterocycles. The summed E-state index contributed by atoms with van der Waals surface area (Å²) in [5, 5.41) is 0. The van der Waals surface area contributed by atoms with Crippen molar-refractivity contribution in [1.29, 1.82) is 0 Å². The van der Waals surface area contributed by atoms with Crippen LogP contribution in [0, 0.1) is 6.92 Å². The molecule has 0 fully saturated rings. The fraction of sp³-hybridized carbons (Fsp3) is 0.375. The van der Waals surface area contributed by atoms with Crippen LogP contribution >= 0.6 is 35.0 Å². The highest BCUT2D eigenvalue weighted by molar-refractivity contribution is 14.1. The summed E-state index contributed by atoms with van der Waals surface area (Å²) >= 11 is 2.19. The van der Waals surface area contributed by atoms with Crippen molar-refractivity contribution in [2.75, 3.05) is 0 Å². The number of alkyl halides is 1. The van der Waals surface area contributed by atoms with E-state index >= 15 is 0 Å². The second kappa shape index (κ2) is 4.39. The molecule has 68 valence electrons. The van der Waals surface area contributed by atoms with Crippen molar-refractivity contribution in [3.05, 3.63) is 29.6 Å². The zero-order valence-corrected chi connectivity index (χ0v) is 10.0. The Hall–Kier alpha value is 0.130. The third-order valence-electron chi connectivity index (χ3n) is 1.48. The predicted molar refractivity (Wildman–Crippen MR) is 61.8 cm³/mol. The van der Waals surface area contributed by atoms with E-state index in [1.54, 1.807) is 0 Å². The predicted octanol–water partition coefficient (Wildman–Crippen LogP) is 2.38. The first-order chi connectivity index (χ1) is 5.00. The van der Waals surface area contributed by atoms with E-state index < -0.39 is 0 Å². The van der Waals surface area contributed by atoms with Crippen molar-refractivity contribution in [2.24, 2.45) is 5.73 Å². The van der Waals surface area contributed by atoms with E-state index in [4.69, 9.17) is 5.73 Å². The molecule has 0 aliphatic carbocycles. The molecule has 1 rings (SSSR count). The van der Waals surface area contributed by atoms with Gasteiger partial charge in [-0.2, -0.15) is 0 Å².